The number of halogens is 2. The fourth-order valence-corrected chi connectivity index (χ4v) is 2.25. The van der Waals surface area contributed by atoms with E-state index in [0.717, 1.165) is 6.08 Å². The number of rotatable bonds is 3. The number of nitrogens with zero attached hydrogens (tertiary/aromatic N) is 1. The lowest BCUT2D eigenvalue weighted by Gasteiger charge is -2.00. The maximum absolute atomic E-state index is 10.6. The molecule has 0 amide bonds. The molecule has 0 spiro atoms. The molecule has 0 heterocycles. The molecule has 0 aliphatic heterocycles. The predicted octanol–water partition coefficient (Wildman–Crippen LogP) is 3.22. The molecule has 16 heavy (non-hydrogen) atoms. The summed E-state index contributed by atoms with van der Waals surface area (Å²) >= 11 is 6.23. The number of nitro groups is 1. The average molecular weight is 351 g/mol. The molecule has 0 atom stereocenters. The number of hydrogen-bond acceptors (Lipinski definition) is 3. The second kappa shape index (κ2) is 5.22. The molecule has 0 aromatic heterocycles. The Hall–Kier alpha value is -1.21. The highest BCUT2D eigenvalue weighted by atomic mass is 79.9. The van der Waals surface area contributed by atoms with Crippen LogP contribution in [0.1, 0.15) is 5.56 Å². The quantitative estimate of drug-likeness (QED) is 0.515. The van der Waals surface area contributed by atoms with Gasteiger partial charge in [0.05, 0.1) is 9.40 Å². The lowest BCUT2D eigenvalue weighted by Crippen LogP contribution is -1.92. The number of carbonyl (C=O) groups is 1. The van der Waals surface area contributed by atoms with Crippen molar-refractivity contribution in [3.05, 3.63) is 42.8 Å². The Balaban J connectivity index is 3.25. The van der Waals surface area contributed by atoms with Gasteiger partial charge in [0, 0.05) is 16.6 Å². The molecule has 7 heteroatoms. The van der Waals surface area contributed by atoms with Crippen molar-refractivity contribution in [3.8, 4) is 0 Å². The summed E-state index contributed by atoms with van der Waals surface area (Å²) in [5.74, 6) is -1.11. The van der Waals surface area contributed by atoms with E-state index in [0.29, 0.717) is 14.5 Å². The molecule has 1 aromatic carbocycles. The van der Waals surface area contributed by atoms with E-state index in [4.69, 9.17) is 5.11 Å². The van der Waals surface area contributed by atoms with Gasteiger partial charge in [0.15, 0.2) is 0 Å². The lowest BCUT2D eigenvalue weighted by molar-refractivity contribution is -0.385. The van der Waals surface area contributed by atoms with Gasteiger partial charge in [0.25, 0.3) is 5.69 Å². The van der Waals surface area contributed by atoms with E-state index < -0.39 is 10.9 Å². The highest BCUT2D eigenvalue weighted by molar-refractivity contribution is 9.11. The smallest absolute Gasteiger partial charge is 0.328 e. The third-order valence-electron chi connectivity index (χ3n) is 1.67. The van der Waals surface area contributed by atoms with E-state index in [1.54, 1.807) is 0 Å². The molecule has 0 aliphatic carbocycles. The molecule has 84 valence electrons. The molecule has 0 saturated carbocycles. The molecule has 1 N–H and O–H groups in total. The molecule has 0 unspecified atom stereocenters. The van der Waals surface area contributed by atoms with Crippen molar-refractivity contribution < 1.29 is 14.8 Å². The zero-order valence-corrected chi connectivity index (χ0v) is 10.9. The summed E-state index contributed by atoms with van der Waals surface area (Å²) in [7, 11) is 0. The molecule has 0 radical (unpaired) electrons. The number of hydrogen-bond donors (Lipinski definition) is 1. The zero-order chi connectivity index (χ0) is 12.3. The fraction of sp³-hybridized carbons (Fsp3) is 0. The highest BCUT2D eigenvalue weighted by Gasteiger charge is 2.14. The van der Waals surface area contributed by atoms with Crippen molar-refractivity contribution in [2.45, 2.75) is 0 Å². The zero-order valence-electron chi connectivity index (χ0n) is 7.68. The van der Waals surface area contributed by atoms with E-state index in [1.165, 1.54) is 18.2 Å². The van der Waals surface area contributed by atoms with Crippen molar-refractivity contribution in [1.82, 2.24) is 0 Å². The first-order valence-corrected chi connectivity index (χ1v) is 5.55. The van der Waals surface area contributed by atoms with Gasteiger partial charge in [0.1, 0.15) is 0 Å². The van der Waals surface area contributed by atoms with Crippen LogP contribution in [0.4, 0.5) is 5.69 Å². The summed E-state index contributed by atoms with van der Waals surface area (Å²) in [4.78, 5) is 20.4. The minimum atomic E-state index is -1.11. The Morgan fingerprint density at radius 1 is 1.38 bits per heavy atom. The van der Waals surface area contributed by atoms with Crippen LogP contribution in [0.15, 0.2) is 27.2 Å². The largest absolute Gasteiger partial charge is 0.478 e. The van der Waals surface area contributed by atoms with E-state index >= 15 is 0 Å². The lowest BCUT2D eigenvalue weighted by atomic mass is 10.2. The van der Waals surface area contributed by atoms with E-state index in [-0.39, 0.29) is 5.69 Å². The molecule has 1 aromatic rings. The maximum Gasteiger partial charge on any atom is 0.328 e. The van der Waals surface area contributed by atoms with Crippen LogP contribution < -0.4 is 0 Å². The summed E-state index contributed by atoms with van der Waals surface area (Å²) in [6.45, 7) is 0. The Labute approximate surface area is 107 Å². The fourth-order valence-electron chi connectivity index (χ4n) is 0.982. The van der Waals surface area contributed by atoms with Gasteiger partial charge in [-0.15, -0.1) is 0 Å². The Morgan fingerprint density at radius 2 is 2.00 bits per heavy atom. The first-order valence-electron chi connectivity index (χ1n) is 3.96. The van der Waals surface area contributed by atoms with E-state index in [9.17, 15) is 14.9 Å². The monoisotopic (exact) mass is 349 g/mol. The SMILES string of the molecule is O=C(O)/C=C/c1cc([N+](=O)[O-])c(Br)cc1Br. The second-order valence-electron chi connectivity index (χ2n) is 2.75. The van der Waals surface area contributed by atoms with Crippen molar-refractivity contribution in [2.75, 3.05) is 0 Å². The average Bonchev–Trinajstić information content (AvgIpc) is 2.15. The first kappa shape index (κ1) is 12.9. The minimum absolute atomic E-state index is 0.117. The molecule has 0 bridgehead atoms. The van der Waals surface area contributed by atoms with Gasteiger partial charge in [-0.05, 0) is 33.6 Å². The van der Waals surface area contributed by atoms with Crippen LogP contribution in [0.5, 0.6) is 0 Å². The summed E-state index contributed by atoms with van der Waals surface area (Å²) in [5, 5.41) is 19.1. The summed E-state index contributed by atoms with van der Waals surface area (Å²) in [5.41, 5.74) is 0.311. The summed E-state index contributed by atoms with van der Waals surface area (Å²) in [6, 6.07) is 2.78. The molecule has 1 rings (SSSR count). The summed E-state index contributed by atoms with van der Waals surface area (Å²) < 4.78 is 0.902. The van der Waals surface area contributed by atoms with Gasteiger partial charge >= 0.3 is 5.97 Å². The van der Waals surface area contributed by atoms with Crippen molar-refractivity contribution in [3.63, 3.8) is 0 Å². The van der Waals surface area contributed by atoms with Crippen LogP contribution >= 0.6 is 31.9 Å². The van der Waals surface area contributed by atoms with E-state index in [2.05, 4.69) is 31.9 Å². The first-order chi connectivity index (χ1) is 7.41. The predicted molar refractivity (Wildman–Crippen MR) is 65.2 cm³/mol. The van der Waals surface area contributed by atoms with Gasteiger partial charge in [-0.2, -0.15) is 0 Å². The number of benzene rings is 1. The standard InChI is InChI=1S/C9H5Br2NO4/c10-6-4-7(11)8(12(15)16)3-5(6)1-2-9(13)14/h1-4H,(H,13,14)/b2-1+. The van der Waals surface area contributed by atoms with Crippen molar-refractivity contribution in [1.29, 1.82) is 0 Å². The molecule has 0 fully saturated rings. The third-order valence-corrected chi connectivity index (χ3v) is 2.99. The van der Waals surface area contributed by atoms with Gasteiger partial charge in [-0.1, -0.05) is 15.9 Å². The maximum atomic E-state index is 10.6. The molecule has 0 saturated heterocycles. The Morgan fingerprint density at radius 3 is 2.50 bits per heavy atom. The molecule has 5 nitrogen and oxygen atoms in total. The number of aliphatic carboxylic acids is 1. The van der Waals surface area contributed by atoms with Crippen LogP contribution in [0, 0.1) is 10.1 Å². The van der Waals surface area contributed by atoms with Crippen LogP contribution in [0.25, 0.3) is 6.08 Å². The number of nitro benzene ring substituents is 1. The number of carboxylic acid groups (broad SMARTS) is 1. The Kier molecular flexibility index (Phi) is 4.19. The van der Waals surface area contributed by atoms with Crippen molar-refractivity contribution in [2.24, 2.45) is 0 Å². The molecule has 0 aliphatic rings. The van der Waals surface area contributed by atoms with Crippen LogP contribution in [-0.4, -0.2) is 16.0 Å². The van der Waals surface area contributed by atoms with Crippen molar-refractivity contribution >= 4 is 49.6 Å². The van der Waals surface area contributed by atoms with Crippen LogP contribution in [0.3, 0.4) is 0 Å². The minimum Gasteiger partial charge on any atom is -0.478 e. The number of carboxylic acids is 1. The van der Waals surface area contributed by atoms with Gasteiger partial charge in [0.2, 0.25) is 0 Å². The van der Waals surface area contributed by atoms with E-state index in [1.807, 2.05) is 0 Å². The second-order valence-corrected chi connectivity index (χ2v) is 4.46. The third kappa shape index (κ3) is 3.14. The summed E-state index contributed by atoms with van der Waals surface area (Å²) in [6.07, 6.45) is 2.20. The van der Waals surface area contributed by atoms with Crippen LogP contribution in [0.2, 0.25) is 0 Å². The van der Waals surface area contributed by atoms with Crippen LogP contribution in [-0.2, 0) is 4.79 Å². The van der Waals surface area contributed by atoms with Gasteiger partial charge in [-0.3, -0.25) is 10.1 Å². The highest BCUT2D eigenvalue weighted by Crippen LogP contribution is 2.31. The molecular formula is C9H5Br2NO4. The topological polar surface area (TPSA) is 80.4 Å². The van der Waals surface area contributed by atoms with Gasteiger partial charge < -0.3 is 5.11 Å². The Bertz CT molecular complexity index is 485. The normalized spacial score (nSPS) is 10.6. The van der Waals surface area contributed by atoms with Gasteiger partial charge in [-0.25, -0.2) is 4.79 Å². The molecular weight excluding hydrogens is 346 g/mol.